The molecule has 134 valence electrons. The highest BCUT2D eigenvalue weighted by atomic mass is 16.2. The molecule has 0 unspecified atom stereocenters. The van der Waals surface area contributed by atoms with Crippen LogP contribution in [0.2, 0.25) is 0 Å². The lowest BCUT2D eigenvalue weighted by atomic mass is 9.90. The van der Waals surface area contributed by atoms with Crippen LogP contribution in [0.1, 0.15) is 40.7 Å². The smallest absolute Gasteiger partial charge is 0.255 e. The van der Waals surface area contributed by atoms with Crippen molar-refractivity contribution in [2.24, 2.45) is 5.92 Å². The number of pyridine rings is 1. The Kier molecular flexibility index (Phi) is 4.65. The Hall–Kier alpha value is -2.76. The predicted molar refractivity (Wildman–Crippen MR) is 98.9 cm³/mol. The second-order valence-corrected chi connectivity index (χ2v) is 7.12. The lowest BCUT2D eigenvalue weighted by Gasteiger charge is -2.33. The van der Waals surface area contributed by atoms with Crippen molar-refractivity contribution in [1.29, 1.82) is 0 Å². The van der Waals surface area contributed by atoms with Gasteiger partial charge < -0.3 is 4.90 Å². The minimum Gasteiger partial charge on any atom is -0.338 e. The first kappa shape index (κ1) is 16.7. The summed E-state index contributed by atoms with van der Waals surface area (Å²) in [7, 11) is 0. The predicted octanol–water partition coefficient (Wildman–Crippen LogP) is 2.92. The summed E-state index contributed by atoms with van der Waals surface area (Å²) >= 11 is 0. The molecule has 1 saturated heterocycles. The molecule has 0 N–H and O–H groups in total. The zero-order valence-corrected chi connectivity index (χ0v) is 15.0. The molecule has 3 aromatic rings. The zero-order chi connectivity index (χ0) is 17.9. The fourth-order valence-corrected chi connectivity index (χ4v) is 3.79. The highest BCUT2D eigenvalue weighted by Crippen LogP contribution is 2.23. The Morgan fingerprint density at radius 1 is 1.23 bits per heavy atom. The van der Waals surface area contributed by atoms with Gasteiger partial charge in [0.25, 0.3) is 5.91 Å². The van der Waals surface area contributed by atoms with Crippen molar-refractivity contribution in [2.45, 2.75) is 32.6 Å². The Morgan fingerprint density at radius 3 is 3.00 bits per heavy atom. The molecule has 1 aliphatic heterocycles. The molecule has 1 aromatic carbocycles. The SMILES string of the molecule is Cc1ccccc1CC[C@@H]1CCCN(C(=O)c2ccc3nnnn3c2)C1. The number of carbonyl (C=O) groups is 1. The standard InChI is InChI=1S/C20H23N5O/c1-15-5-2-3-7-17(15)9-8-16-6-4-12-24(13-16)20(26)18-10-11-19-21-22-23-25(19)14-18/h2-3,5,7,10-11,14,16H,4,6,8-9,12-13H2,1H3/t16-/m0/s1. The van der Waals surface area contributed by atoms with Gasteiger partial charge in [-0.25, -0.2) is 0 Å². The maximum absolute atomic E-state index is 12.9. The van der Waals surface area contributed by atoms with E-state index >= 15 is 0 Å². The van der Waals surface area contributed by atoms with Crippen LogP contribution in [0.3, 0.4) is 0 Å². The quantitative estimate of drug-likeness (QED) is 0.726. The van der Waals surface area contributed by atoms with Crippen molar-refractivity contribution in [3.05, 3.63) is 59.3 Å². The van der Waals surface area contributed by atoms with Crippen LogP contribution in [-0.2, 0) is 6.42 Å². The average molecular weight is 349 g/mol. The normalized spacial score (nSPS) is 17.6. The van der Waals surface area contributed by atoms with E-state index in [1.165, 1.54) is 17.5 Å². The van der Waals surface area contributed by atoms with Crippen LogP contribution in [0.4, 0.5) is 0 Å². The third-order valence-electron chi connectivity index (χ3n) is 5.33. The largest absolute Gasteiger partial charge is 0.338 e. The number of amides is 1. The van der Waals surface area contributed by atoms with Crippen LogP contribution in [0, 0.1) is 12.8 Å². The van der Waals surface area contributed by atoms with Crippen LogP contribution in [0.15, 0.2) is 42.6 Å². The van der Waals surface area contributed by atoms with E-state index < -0.39 is 0 Å². The zero-order valence-electron chi connectivity index (χ0n) is 15.0. The van der Waals surface area contributed by atoms with Gasteiger partial charge in [0, 0.05) is 19.3 Å². The summed E-state index contributed by atoms with van der Waals surface area (Å²) in [6, 6.07) is 12.2. The van der Waals surface area contributed by atoms with E-state index in [9.17, 15) is 4.79 Å². The van der Waals surface area contributed by atoms with Crippen molar-refractivity contribution in [1.82, 2.24) is 24.9 Å². The first-order chi connectivity index (χ1) is 12.7. The molecule has 0 spiro atoms. The van der Waals surface area contributed by atoms with Gasteiger partial charge in [-0.1, -0.05) is 24.3 Å². The molecule has 4 rings (SSSR count). The molecule has 0 bridgehead atoms. The van der Waals surface area contributed by atoms with Crippen molar-refractivity contribution in [3.63, 3.8) is 0 Å². The maximum Gasteiger partial charge on any atom is 0.255 e. The Bertz CT molecular complexity index is 919. The van der Waals surface area contributed by atoms with E-state index in [1.54, 1.807) is 16.8 Å². The van der Waals surface area contributed by atoms with Crippen LogP contribution in [0.5, 0.6) is 0 Å². The third kappa shape index (κ3) is 3.45. The number of aromatic nitrogens is 4. The number of hydrogen-bond donors (Lipinski definition) is 0. The fraction of sp³-hybridized carbons (Fsp3) is 0.400. The fourth-order valence-electron chi connectivity index (χ4n) is 3.79. The van der Waals surface area contributed by atoms with Crippen molar-refractivity contribution < 1.29 is 4.79 Å². The topological polar surface area (TPSA) is 63.4 Å². The minimum absolute atomic E-state index is 0.0722. The summed E-state index contributed by atoms with van der Waals surface area (Å²) in [5, 5.41) is 11.4. The van der Waals surface area contributed by atoms with Gasteiger partial charge in [-0.05, 0) is 72.2 Å². The van der Waals surface area contributed by atoms with E-state index in [0.29, 0.717) is 17.1 Å². The maximum atomic E-state index is 12.9. The molecule has 0 aliphatic carbocycles. The molecule has 6 nitrogen and oxygen atoms in total. The molecule has 6 heteroatoms. The first-order valence-electron chi connectivity index (χ1n) is 9.22. The van der Waals surface area contributed by atoms with Crippen molar-refractivity contribution in [2.75, 3.05) is 13.1 Å². The van der Waals surface area contributed by atoms with E-state index in [1.807, 2.05) is 11.0 Å². The van der Waals surface area contributed by atoms with Crippen LogP contribution in [0.25, 0.3) is 5.65 Å². The number of nitrogens with zero attached hydrogens (tertiary/aromatic N) is 5. The number of rotatable bonds is 4. The van der Waals surface area contributed by atoms with Gasteiger partial charge in [0.1, 0.15) is 0 Å². The van der Waals surface area contributed by atoms with E-state index in [2.05, 4.69) is 46.7 Å². The summed E-state index contributed by atoms with van der Waals surface area (Å²) in [6.45, 7) is 3.83. The number of benzene rings is 1. The second-order valence-electron chi connectivity index (χ2n) is 7.12. The molecule has 1 atom stereocenters. The minimum atomic E-state index is 0.0722. The molecular formula is C20H23N5O. The summed E-state index contributed by atoms with van der Waals surface area (Å²) in [6.07, 6.45) is 6.18. The molecule has 0 radical (unpaired) electrons. The summed E-state index contributed by atoms with van der Waals surface area (Å²) in [4.78, 5) is 14.9. The van der Waals surface area contributed by atoms with Gasteiger partial charge in [0.15, 0.2) is 5.65 Å². The van der Waals surface area contributed by atoms with Gasteiger partial charge in [0.2, 0.25) is 0 Å². The van der Waals surface area contributed by atoms with Crippen LogP contribution >= 0.6 is 0 Å². The van der Waals surface area contributed by atoms with Gasteiger partial charge in [0.05, 0.1) is 5.56 Å². The van der Waals surface area contributed by atoms with Gasteiger partial charge >= 0.3 is 0 Å². The molecule has 26 heavy (non-hydrogen) atoms. The number of fused-ring (bicyclic) bond motifs is 1. The Labute approximate surface area is 152 Å². The number of aryl methyl sites for hydroxylation is 2. The lowest BCUT2D eigenvalue weighted by Crippen LogP contribution is -2.40. The second kappa shape index (κ2) is 7.23. The average Bonchev–Trinajstić information content (AvgIpc) is 3.15. The summed E-state index contributed by atoms with van der Waals surface area (Å²) in [5.74, 6) is 0.632. The van der Waals surface area contributed by atoms with E-state index in [-0.39, 0.29) is 5.91 Å². The number of piperidine rings is 1. The highest BCUT2D eigenvalue weighted by Gasteiger charge is 2.24. The monoisotopic (exact) mass is 349 g/mol. The number of likely N-dealkylation sites (tertiary alicyclic amines) is 1. The Balaban J connectivity index is 1.41. The van der Waals surface area contributed by atoms with Crippen LogP contribution < -0.4 is 0 Å². The molecule has 2 aromatic heterocycles. The molecule has 3 heterocycles. The summed E-state index contributed by atoms with van der Waals surface area (Å²) in [5.41, 5.74) is 4.06. The molecule has 0 saturated carbocycles. The highest BCUT2D eigenvalue weighted by molar-refractivity contribution is 5.94. The molecule has 1 aliphatic rings. The molecule has 1 fully saturated rings. The third-order valence-corrected chi connectivity index (χ3v) is 5.33. The molecule has 1 amide bonds. The van der Waals surface area contributed by atoms with Crippen molar-refractivity contribution in [3.8, 4) is 0 Å². The first-order valence-corrected chi connectivity index (χ1v) is 9.22. The number of carbonyl (C=O) groups excluding carboxylic acids is 1. The lowest BCUT2D eigenvalue weighted by molar-refractivity contribution is 0.0667. The van der Waals surface area contributed by atoms with Crippen LogP contribution in [-0.4, -0.2) is 43.9 Å². The van der Waals surface area contributed by atoms with E-state index in [4.69, 9.17) is 0 Å². The number of hydrogen-bond acceptors (Lipinski definition) is 4. The Morgan fingerprint density at radius 2 is 2.12 bits per heavy atom. The number of tetrazole rings is 1. The van der Waals surface area contributed by atoms with Gasteiger partial charge in [-0.15, -0.1) is 5.10 Å². The molecular weight excluding hydrogens is 326 g/mol. The van der Waals surface area contributed by atoms with E-state index in [0.717, 1.165) is 32.4 Å². The van der Waals surface area contributed by atoms with Crippen molar-refractivity contribution >= 4 is 11.6 Å². The van der Waals surface area contributed by atoms with Gasteiger partial charge in [-0.2, -0.15) is 4.52 Å². The van der Waals surface area contributed by atoms with Gasteiger partial charge in [-0.3, -0.25) is 4.79 Å². The summed E-state index contributed by atoms with van der Waals surface area (Å²) < 4.78 is 1.55.